The lowest BCUT2D eigenvalue weighted by molar-refractivity contribution is 0.304. The lowest BCUT2D eigenvalue weighted by Gasteiger charge is -2.15. The summed E-state index contributed by atoms with van der Waals surface area (Å²) in [6.45, 7) is 7.23. The highest BCUT2D eigenvalue weighted by atomic mass is 16.5. The van der Waals surface area contributed by atoms with Gasteiger partial charge in [0, 0.05) is 6.54 Å². The fourth-order valence-electron chi connectivity index (χ4n) is 2.16. The number of methoxy groups -OCH3 is 1. The molecule has 3 nitrogen and oxygen atoms in total. The van der Waals surface area contributed by atoms with Crippen LogP contribution in [0.5, 0.6) is 11.5 Å². The first kappa shape index (κ1) is 16.8. The van der Waals surface area contributed by atoms with Crippen LogP contribution >= 0.6 is 0 Å². The second-order valence-electron chi connectivity index (χ2n) is 5.14. The van der Waals surface area contributed by atoms with Gasteiger partial charge < -0.3 is 14.8 Å². The van der Waals surface area contributed by atoms with Gasteiger partial charge in [-0.05, 0) is 43.1 Å². The van der Waals surface area contributed by atoms with Gasteiger partial charge in [-0.2, -0.15) is 0 Å². The Bertz CT molecular complexity index is 337. The number of rotatable bonds is 11. The van der Waals surface area contributed by atoms with Crippen LogP contribution in [0.1, 0.15) is 39.5 Å². The lowest BCUT2D eigenvalue weighted by atomic mass is 9.99. The molecule has 1 unspecified atom stereocenters. The molecule has 20 heavy (non-hydrogen) atoms. The van der Waals surface area contributed by atoms with Gasteiger partial charge in [-0.3, -0.25) is 0 Å². The van der Waals surface area contributed by atoms with Crippen molar-refractivity contribution in [3.63, 3.8) is 0 Å². The van der Waals surface area contributed by atoms with E-state index in [1.54, 1.807) is 7.11 Å². The largest absolute Gasteiger partial charge is 0.497 e. The molecule has 1 rings (SSSR count). The van der Waals surface area contributed by atoms with Gasteiger partial charge in [-0.25, -0.2) is 0 Å². The Balaban J connectivity index is 2.11. The molecule has 0 aliphatic carbocycles. The smallest absolute Gasteiger partial charge is 0.119 e. The third kappa shape index (κ3) is 6.80. The molecule has 0 aliphatic heterocycles. The maximum Gasteiger partial charge on any atom is 0.119 e. The van der Waals surface area contributed by atoms with Crippen molar-refractivity contribution in [3.05, 3.63) is 24.3 Å². The van der Waals surface area contributed by atoms with Gasteiger partial charge in [0.1, 0.15) is 18.1 Å². The van der Waals surface area contributed by atoms with Crippen LogP contribution in [-0.2, 0) is 0 Å². The van der Waals surface area contributed by atoms with Gasteiger partial charge in [0.2, 0.25) is 0 Å². The van der Waals surface area contributed by atoms with E-state index in [2.05, 4.69) is 19.2 Å². The second kappa shape index (κ2) is 10.6. The molecule has 0 radical (unpaired) electrons. The van der Waals surface area contributed by atoms with Gasteiger partial charge >= 0.3 is 0 Å². The Kier molecular flexibility index (Phi) is 8.88. The number of unbranched alkanes of at least 4 members (excludes halogenated alkanes) is 1. The molecule has 0 amide bonds. The molecule has 1 aromatic carbocycles. The van der Waals surface area contributed by atoms with Crippen LogP contribution in [0, 0.1) is 5.92 Å². The van der Waals surface area contributed by atoms with Crippen LogP contribution in [0.3, 0.4) is 0 Å². The van der Waals surface area contributed by atoms with Gasteiger partial charge in [-0.1, -0.05) is 33.1 Å². The molecule has 0 heterocycles. The van der Waals surface area contributed by atoms with E-state index in [1.165, 1.54) is 25.7 Å². The van der Waals surface area contributed by atoms with E-state index >= 15 is 0 Å². The highest BCUT2D eigenvalue weighted by Crippen LogP contribution is 2.16. The van der Waals surface area contributed by atoms with E-state index in [0.29, 0.717) is 6.61 Å². The predicted octanol–water partition coefficient (Wildman–Crippen LogP) is 3.88. The first-order chi connectivity index (χ1) is 9.80. The van der Waals surface area contributed by atoms with Crippen molar-refractivity contribution in [2.75, 3.05) is 26.8 Å². The molecule has 0 fully saturated rings. The molecule has 1 N–H and O–H groups in total. The monoisotopic (exact) mass is 279 g/mol. The van der Waals surface area contributed by atoms with Crippen LogP contribution in [0.2, 0.25) is 0 Å². The normalized spacial score (nSPS) is 12.2. The van der Waals surface area contributed by atoms with Crippen molar-refractivity contribution in [3.8, 4) is 11.5 Å². The standard InChI is InChI=1S/C17H29NO2/c1-4-6-7-15(5-2)14-18-12-13-20-17-10-8-16(19-3)9-11-17/h8-11,15,18H,4-7,12-14H2,1-3H3. The minimum Gasteiger partial charge on any atom is -0.497 e. The summed E-state index contributed by atoms with van der Waals surface area (Å²) in [6.07, 6.45) is 5.21. The summed E-state index contributed by atoms with van der Waals surface area (Å²) < 4.78 is 10.8. The zero-order valence-corrected chi connectivity index (χ0v) is 13.2. The zero-order valence-electron chi connectivity index (χ0n) is 13.2. The minimum atomic E-state index is 0.705. The van der Waals surface area contributed by atoms with E-state index in [9.17, 15) is 0 Å². The maximum absolute atomic E-state index is 5.68. The number of benzene rings is 1. The Labute approximate surface area is 123 Å². The summed E-state index contributed by atoms with van der Waals surface area (Å²) in [4.78, 5) is 0. The molecular weight excluding hydrogens is 250 g/mol. The van der Waals surface area contributed by atoms with E-state index in [4.69, 9.17) is 9.47 Å². The van der Waals surface area contributed by atoms with Crippen molar-refractivity contribution in [1.29, 1.82) is 0 Å². The van der Waals surface area contributed by atoms with Gasteiger partial charge in [0.15, 0.2) is 0 Å². The maximum atomic E-state index is 5.68. The fraction of sp³-hybridized carbons (Fsp3) is 0.647. The molecule has 0 saturated carbocycles. The third-order valence-corrected chi connectivity index (χ3v) is 3.58. The van der Waals surface area contributed by atoms with E-state index < -0.39 is 0 Å². The van der Waals surface area contributed by atoms with Crippen LogP contribution in [0.4, 0.5) is 0 Å². The number of ether oxygens (including phenoxy) is 2. The topological polar surface area (TPSA) is 30.5 Å². The van der Waals surface area contributed by atoms with Gasteiger partial charge in [-0.15, -0.1) is 0 Å². The summed E-state index contributed by atoms with van der Waals surface area (Å²) >= 11 is 0. The minimum absolute atomic E-state index is 0.705. The summed E-state index contributed by atoms with van der Waals surface area (Å²) in [7, 11) is 1.67. The number of nitrogens with one attached hydrogen (secondary N) is 1. The van der Waals surface area contributed by atoms with Gasteiger partial charge in [0.05, 0.1) is 7.11 Å². The molecular formula is C17H29NO2. The highest BCUT2D eigenvalue weighted by molar-refractivity contribution is 5.31. The van der Waals surface area contributed by atoms with Gasteiger partial charge in [0.25, 0.3) is 0 Å². The van der Waals surface area contributed by atoms with Crippen molar-refractivity contribution in [2.24, 2.45) is 5.92 Å². The highest BCUT2D eigenvalue weighted by Gasteiger charge is 2.04. The Morgan fingerprint density at radius 2 is 1.80 bits per heavy atom. The molecule has 0 aliphatic rings. The third-order valence-electron chi connectivity index (χ3n) is 3.58. The van der Waals surface area contributed by atoms with Crippen LogP contribution < -0.4 is 14.8 Å². The molecule has 114 valence electrons. The van der Waals surface area contributed by atoms with Crippen LogP contribution in [0.15, 0.2) is 24.3 Å². The van der Waals surface area contributed by atoms with E-state index in [0.717, 1.165) is 30.5 Å². The average Bonchev–Trinajstić information content (AvgIpc) is 2.50. The summed E-state index contributed by atoms with van der Waals surface area (Å²) in [5.74, 6) is 2.55. The Morgan fingerprint density at radius 1 is 1.10 bits per heavy atom. The molecule has 3 heteroatoms. The average molecular weight is 279 g/mol. The fourth-order valence-corrected chi connectivity index (χ4v) is 2.16. The van der Waals surface area contributed by atoms with Crippen molar-refractivity contribution in [2.45, 2.75) is 39.5 Å². The van der Waals surface area contributed by atoms with Crippen molar-refractivity contribution >= 4 is 0 Å². The van der Waals surface area contributed by atoms with Crippen LogP contribution in [0.25, 0.3) is 0 Å². The Hall–Kier alpha value is -1.22. The van der Waals surface area contributed by atoms with Crippen LogP contribution in [-0.4, -0.2) is 26.8 Å². The van der Waals surface area contributed by atoms with E-state index in [1.807, 2.05) is 24.3 Å². The number of hydrogen-bond acceptors (Lipinski definition) is 3. The lowest BCUT2D eigenvalue weighted by Crippen LogP contribution is -2.27. The van der Waals surface area contributed by atoms with Crippen molar-refractivity contribution < 1.29 is 9.47 Å². The number of hydrogen-bond donors (Lipinski definition) is 1. The summed E-state index contributed by atoms with van der Waals surface area (Å²) in [5.41, 5.74) is 0. The molecule has 0 bridgehead atoms. The second-order valence-corrected chi connectivity index (χ2v) is 5.14. The van der Waals surface area contributed by atoms with Crippen molar-refractivity contribution in [1.82, 2.24) is 5.32 Å². The predicted molar refractivity (Wildman–Crippen MR) is 84.7 cm³/mol. The molecule has 1 atom stereocenters. The summed E-state index contributed by atoms with van der Waals surface area (Å²) in [5, 5.41) is 3.49. The molecule has 1 aromatic rings. The quantitative estimate of drug-likeness (QED) is 0.624. The van der Waals surface area contributed by atoms with E-state index in [-0.39, 0.29) is 0 Å². The molecule has 0 spiro atoms. The SMILES string of the molecule is CCCCC(CC)CNCCOc1ccc(OC)cc1. The first-order valence-electron chi connectivity index (χ1n) is 7.77. The Morgan fingerprint density at radius 3 is 2.40 bits per heavy atom. The molecule has 0 saturated heterocycles. The zero-order chi connectivity index (χ0) is 14.6. The summed E-state index contributed by atoms with van der Waals surface area (Å²) in [6, 6.07) is 7.71. The first-order valence-corrected chi connectivity index (χ1v) is 7.77. The molecule has 0 aromatic heterocycles.